The molecule has 0 aliphatic rings. The van der Waals surface area contributed by atoms with E-state index in [0.29, 0.717) is 12.1 Å². The maximum atomic E-state index is 4.61. The fraction of sp³-hybridized carbons (Fsp3) is 0.462. The standard InChI is InChI=1S/C13H17Br2N3S/c1-8(2)18-5-4-9(17-18)6-11(16-3)12-7-10(14)13(15)19-12/h4-5,7-8,11,16H,6H2,1-3H3. The minimum atomic E-state index is 0.295. The van der Waals surface area contributed by atoms with E-state index >= 15 is 0 Å². The second-order valence-corrected chi connectivity index (χ2v) is 7.95. The number of nitrogens with zero attached hydrogens (tertiary/aromatic N) is 2. The Hall–Kier alpha value is -0.170. The molecule has 0 bridgehead atoms. The van der Waals surface area contributed by atoms with Gasteiger partial charge in [-0.2, -0.15) is 5.10 Å². The van der Waals surface area contributed by atoms with Gasteiger partial charge in [-0.05, 0) is 64.9 Å². The Labute approximate surface area is 134 Å². The zero-order valence-corrected chi connectivity index (χ0v) is 15.1. The molecule has 2 heterocycles. The quantitative estimate of drug-likeness (QED) is 0.788. The molecular weight excluding hydrogens is 390 g/mol. The molecule has 0 radical (unpaired) electrons. The van der Waals surface area contributed by atoms with Crippen LogP contribution in [0, 0.1) is 0 Å². The van der Waals surface area contributed by atoms with Crippen molar-refractivity contribution in [3.8, 4) is 0 Å². The van der Waals surface area contributed by atoms with E-state index in [2.05, 4.69) is 68.3 Å². The Balaban J connectivity index is 2.14. The lowest BCUT2D eigenvalue weighted by Crippen LogP contribution is -2.18. The molecule has 2 aromatic heterocycles. The Morgan fingerprint density at radius 2 is 2.16 bits per heavy atom. The molecule has 0 fully saturated rings. The van der Waals surface area contributed by atoms with Gasteiger partial charge in [0.25, 0.3) is 0 Å². The van der Waals surface area contributed by atoms with Gasteiger partial charge in [-0.25, -0.2) is 0 Å². The fourth-order valence-electron chi connectivity index (χ4n) is 1.86. The maximum Gasteiger partial charge on any atom is 0.0843 e. The smallest absolute Gasteiger partial charge is 0.0843 e. The van der Waals surface area contributed by atoms with E-state index in [0.717, 1.165) is 20.4 Å². The van der Waals surface area contributed by atoms with Crippen LogP contribution < -0.4 is 5.32 Å². The van der Waals surface area contributed by atoms with Crippen LogP contribution in [-0.4, -0.2) is 16.8 Å². The molecule has 1 N–H and O–H groups in total. The van der Waals surface area contributed by atoms with E-state index < -0.39 is 0 Å². The van der Waals surface area contributed by atoms with Crippen molar-refractivity contribution < 1.29 is 0 Å². The Morgan fingerprint density at radius 1 is 1.42 bits per heavy atom. The first kappa shape index (κ1) is 15.2. The largest absolute Gasteiger partial charge is 0.312 e. The predicted octanol–water partition coefficient (Wildman–Crippen LogP) is 4.55. The molecule has 0 amide bonds. The molecule has 0 spiro atoms. The van der Waals surface area contributed by atoms with Crippen molar-refractivity contribution in [1.82, 2.24) is 15.1 Å². The minimum Gasteiger partial charge on any atom is -0.312 e. The molecule has 6 heteroatoms. The van der Waals surface area contributed by atoms with Crippen molar-refractivity contribution >= 4 is 43.2 Å². The van der Waals surface area contributed by atoms with Gasteiger partial charge in [0.05, 0.1) is 9.48 Å². The summed E-state index contributed by atoms with van der Waals surface area (Å²) >= 11 is 8.84. The van der Waals surface area contributed by atoms with Crippen LogP contribution in [0.3, 0.4) is 0 Å². The second-order valence-electron chi connectivity index (χ2n) is 4.70. The summed E-state index contributed by atoms with van der Waals surface area (Å²) in [6.07, 6.45) is 2.95. The van der Waals surface area contributed by atoms with Crippen LogP contribution in [0.15, 0.2) is 26.6 Å². The van der Waals surface area contributed by atoms with E-state index in [1.54, 1.807) is 11.3 Å². The number of aromatic nitrogens is 2. The number of nitrogens with one attached hydrogen (secondary N) is 1. The highest BCUT2D eigenvalue weighted by Crippen LogP contribution is 2.36. The van der Waals surface area contributed by atoms with Crippen molar-refractivity contribution in [2.45, 2.75) is 32.4 Å². The van der Waals surface area contributed by atoms with E-state index in [9.17, 15) is 0 Å². The molecule has 0 saturated heterocycles. The summed E-state index contributed by atoms with van der Waals surface area (Å²) in [7, 11) is 1.99. The van der Waals surface area contributed by atoms with Gasteiger partial charge in [-0.1, -0.05) is 0 Å². The number of hydrogen-bond acceptors (Lipinski definition) is 3. The molecule has 1 unspecified atom stereocenters. The summed E-state index contributed by atoms with van der Waals surface area (Å²) in [5, 5.41) is 7.98. The summed E-state index contributed by atoms with van der Waals surface area (Å²) in [5.74, 6) is 0. The number of likely N-dealkylation sites (N-methyl/N-ethyl adjacent to an activating group) is 1. The van der Waals surface area contributed by atoms with Gasteiger partial charge in [0.2, 0.25) is 0 Å². The monoisotopic (exact) mass is 405 g/mol. The molecule has 1 atom stereocenters. The van der Waals surface area contributed by atoms with Crippen molar-refractivity contribution in [2.75, 3.05) is 7.05 Å². The zero-order chi connectivity index (χ0) is 14.0. The third-order valence-corrected chi connectivity index (χ3v) is 6.33. The average Bonchev–Trinajstić information content (AvgIpc) is 2.94. The summed E-state index contributed by atoms with van der Waals surface area (Å²) in [5.41, 5.74) is 1.12. The van der Waals surface area contributed by atoms with E-state index in [1.165, 1.54) is 4.88 Å². The lowest BCUT2D eigenvalue weighted by atomic mass is 10.1. The van der Waals surface area contributed by atoms with Gasteiger partial charge < -0.3 is 5.32 Å². The first-order valence-corrected chi connectivity index (χ1v) is 8.57. The molecule has 19 heavy (non-hydrogen) atoms. The molecular formula is C13H17Br2N3S. The Bertz CT molecular complexity index is 528. The number of hydrogen-bond donors (Lipinski definition) is 1. The lowest BCUT2D eigenvalue weighted by Gasteiger charge is -2.13. The zero-order valence-electron chi connectivity index (χ0n) is 11.2. The van der Waals surface area contributed by atoms with E-state index in [-0.39, 0.29) is 0 Å². The van der Waals surface area contributed by atoms with Crippen LogP contribution in [0.5, 0.6) is 0 Å². The molecule has 104 valence electrons. The normalized spacial score (nSPS) is 13.2. The topological polar surface area (TPSA) is 29.9 Å². The molecule has 0 aromatic carbocycles. The summed E-state index contributed by atoms with van der Waals surface area (Å²) in [4.78, 5) is 1.31. The molecule has 0 aliphatic heterocycles. The Morgan fingerprint density at radius 3 is 2.63 bits per heavy atom. The molecule has 2 rings (SSSR count). The van der Waals surface area contributed by atoms with Crippen LogP contribution >= 0.6 is 43.2 Å². The second kappa shape index (κ2) is 6.52. The molecule has 0 aliphatic carbocycles. The van der Waals surface area contributed by atoms with Crippen molar-refractivity contribution in [2.24, 2.45) is 0 Å². The van der Waals surface area contributed by atoms with Gasteiger partial charge in [0, 0.05) is 34.1 Å². The Kier molecular flexibility index (Phi) is 5.22. The molecule has 3 nitrogen and oxygen atoms in total. The van der Waals surface area contributed by atoms with E-state index in [1.807, 2.05) is 17.9 Å². The third kappa shape index (κ3) is 3.68. The lowest BCUT2D eigenvalue weighted by molar-refractivity contribution is 0.516. The minimum absolute atomic E-state index is 0.295. The van der Waals surface area contributed by atoms with Gasteiger partial charge in [0.1, 0.15) is 0 Å². The van der Waals surface area contributed by atoms with Crippen molar-refractivity contribution in [3.63, 3.8) is 0 Å². The summed E-state index contributed by atoms with van der Waals surface area (Å²) < 4.78 is 4.25. The maximum absolute atomic E-state index is 4.61. The van der Waals surface area contributed by atoms with Gasteiger partial charge in [0.15, 0.2) is 0 Å². The average molecular weight is 407 g/mol. The van der Waals surface area contributed by atoms with Gasteiger partial charge >= 0.3 is 0 Å². The van der Waals surface area contributed by atoms with Gasteiger partial charge in [-0.3, -0.25) is 4.68 Å². The highest BCUT2D eigenvalue weighted by atomic mass is 79.9. The number of rotatable bonds is 5. The van der Waals surface area contributed by atoms with Crippen LogP contribution in [0.4, 0.5) is 0 Å². The van der Waals surface area contributed by atoms with Crippen LogP contribution in [0.1, 0.15) is 36.5 Å². The number of thiophene rings is 1. The predicted molar refractivity (Wildman–Crippen MR) is 87.8 cm³/mol. The van der Waals surface area contributed by atoms with Crippen LogP contribution in [0.25, 0.3) is 0 Å². The van der Waals surface area contributed by atoms with Crippen LogP contribution in [0.2, 0.25) is 0 Å². The summed E-state index contributed by atoms with van der Waals surface area (Å²) in [6.45, 7) is 4.28. The highest BCUT2D eigenvalue weighted by Gasteiger charge is 2.16. The highest BCUT2D eigenvalue weighted by molar-refractivity contribution is 9.13. The molecule has 2 aromatic rings. The first-order chi connectivity index (χ1) is 9.01. The van der Waals surface area contributed by atoms with Gasteiger partial charge in [-0.15, -0.1) is 11.3 Å². The first-order valence-electron chi connectivity index (χ1n) is 6.17. The van der Waals surface area contributed by atoms with Crippen molar-refractivity contribution in [1.29, 1.82) is 0 Å². The SMILES string of the molecule is CNC(Cc1ccn(C(C)C)n1)c1cc(Br)c(Br)s1. The third-order valence-electron chi connectivity index (χ3n) is 2.96. The van der Waals surface area contributed by atoms with Crippen molar-refractivity contribution in [3.05, 3.63) is 37.2 Å². The fourth-order valence-corrected chi connectivity index (χ4v) is 4.06. The van der Waals surface area contributed by atoms with Crippen LogP contribution in [-0.2, 0) is 6.42 Å². The molecule has 0 saturated carbocycles. The van der Waals surface area contributed by atoms with E-state index in [4.69, 9.17) is 0 Å². The number of halogens is 2. The summed E-state index contributed by atoms with van der Waals surface area (Å²) in [6, 6.07) is 4.96.